The van der Waals surface area contributed by atoms with Crippen molar-refractivity contribution in [2.45, 2.75) is 52.4 Å². The second-order valence-corrected chi connectivity index (χ2v) is 10.9. The van der Waals surface area contributed by atoms with E-state index in [1.807, 2.05) is 12.1 Å². The summed E-state index contributed by atoms with van der Waals surface area (Å²) >= 11 is 0. The Balaban J connectivity index is 1.53. The number of hydrogen-bond acceptors (Lipinski definition) is 6. The second kappa shape index (κ2) is 6.80. The molecule has 174 valence electrons. The maximum atomic E-state index is 13.7. The molecule has 2 saturated heterocycles. The molecule has 0 amide bonds. The van der Waals surface area contributed by atoms with Crippen molar-refractivity contribution in [3.63, 3.8) is 0 Å². The highest BCUT2D eigenvalue weighted by molar-refractivity contribution is 5.97. The first-order valence-electron chi connectivity index (χ1n) is 11.8. The van der Waals surface area contributed by atoms with Gasteiger partial charge in [0.2, 0.25) is 0 Å². The molecule has 3 fully saturated rings. The Kier molecular flexibility index (Phi) is 4.35. The van der Waals surface area contributed by atoms with Gasteiger partial charge in [0.1, 0.15) is 0 Å². The van der Waals surface area contributed by atoms with Crippen molar-refractivity contribution >= 4 is 17.8 Å². The Labute approximate surface area is 193 Å². The zero-order chi connectivity index (χ0) is 23.2. The fourth-order valence-corrected chi connectivity index (χ4v) is 8.24. The number of carbonyl (C=O) groups excluding carboxylic acids is 2. The van der Waals surface area contributed by atoms with E-state index < -0.39 is 10.8 Å². The SMILES string of the molecule is CC1=C2[C@@H](C=C1c1ccoc1)O[C@@H]1C3OC[C@]4(C)C=CC(=O)[C@@](C)(C34)[C@@H](CCOC=O)[C@]21C. The van der Waals surface area contributed by atoms with Crippen LogP contribution in [-0.2, 0) is 23.8 Å². The van der Waals surface area contributed by atoms with Crippen LogP contribution in [0.15, 0.2) is 52.4 Å². The lowest BCUT2D eigenvalue weighted by Gasteiger charge is -2.60. The van der Waals surface area contributed by atoms with Gasteiger partial charge in [0, 0.05) is 27.7 Å². The van der Waals surface area contributed by atoms with E-state index in [9.17, 15) is 9.59 Å². The molecule has 3 aliphatic carbocycles. The van der Waals surface area contributed by atoms with Gasteiger partial charge in [-0.1, -0.05) is 26.8 Å². The molecular weight excluding hydrogens is 420 g/mol. The number of ether oxygens (including phenoxy) is 3. The molecule has 0 spiro atoms. The molecule has 8 atom stereocenters. The standard InChI is InChI=1S/C27H30O6/c1-15-17(16-6-9-30-12-16)11-18-21(15)27(4)19(7-10-31-14-28)26(3)20(29)5-8-25(2)13-32-22(23(25)26)24(27)33-18/h5-6,8-9,11-12,14,18-19,22-24H,7,10,13H2,1-4H3/t18-,19-,22?,23?,24-,25+,26+,27-/m1/s1. The third kappa shape index (κ3) is 2.46. The summed E-state index contributed by atoms with van der Waals surface area (Å²) in [5, 5.41) is 0. The molecule has 6 rings (SSSR count). The zero-order valence-corrected chi connectivity index (χ0v) is 19.5. The number of hydrogen-bond donors (Lipinski definition) is 0. The monoisotopic (exact) mass is 450 g/mol. The highest BCUT2D eigenvalue weighted by Gasteiger charge is 2.74. The van der Waals surface area contributed by atoms with Gasteiger partial charge in [0.15, 0.2) is 5.78 Å². The van der Waals surface area contributed by atoms with Gasteiger partial charge in [0.05, 0.1) is 44.1 Å². The Bertz CT molecular complexity index is 1110. The molecule has 1 saturated carbocycles. The highest BCUT2D eigenvalue weighted by atomic mass is 16.6. The van der Waals surface area contributed by atoms with Crippen molar-refractivity contribution in [1.29, 1.82) is 0 Å². The summed E-state index contributed by atoms with van der Waals surface area (Å²) < 4.78 is 23.8. The molecule has 0 radical (unpaired) electrons. The quantitative estimate of drug-likeness (QED) is 0.496. The number of ketones is 1. The fourth-order valence-electron chi connectivity index (χ4n) is 8.24. The molecule has 1 aromatic heterocycles. The molecule has 2 aliphatic heterocycles. The van der Waals surface area contributed by atoms with E-state index in [0.29, 0.717) is 19.5 Å². The van der Waals surface area contributed by atoms with Crippen LogP contribution in [0, 0.1) is 28.1 Å². The molecule has 6 heteroatoms. The van der Waals surface area contributed by atoms with Crippen molar-refractivity contribution in [3.05, 3.63) is 53.5 Å². The van der Waals surface area contributed by atoms with Gasteiger partial charge in [-0.2, -0.15) is 0 Å². The maximum absolute atomic E-state index is 13.7. The molecule has 0 aromatic carbocycles. The topological polar surface area (TPSA) is 75.0 Å². The van der Waals surface area contributed by atoms with E-state index >= 15 is 0 Å². The van der Waals surface area contributed by atoms with E-state index in [1.165, 1.54) is 11.1 Å². The third-order valence-corrected chi connectivity index (χ3v) is 9.46. The maximum Gasteiger partial charge on any atom is 0.293 e. The summed E-state index contributed by atoms with van der Waals surface area (Å²) in [4.78, 5) is 24.7. The van der Waals surface area contributed by atoms with Crippen LogP contribution in [0.5, 0.6) is 0 Å². The molecule has 3 heterocycles. The molecule has 6 nitrogen and oxygen atoms in total. The number of rotatable bonds is 5. The smallest absolute Gasteiger partial charge is 0.293 e. The first-order valence-corrected chi connectivity index (χ1v) is 11.8. The lowest BCUT2D eigenvalue weighted by Crippen LogP contribution is -2.65. The number of carbonyl (C=O) groups is 2. The van der Waals surface area contributed by atoms with Gasteiger partial charge < -0.3 is 18.6 Å². The largest absolute Gasteiger partial charge is 0.472 e. The van der Waals surface area contributed by atoms with Gasteiger partial charge in [-0.25, -0.2) is 0 Å². The van der Waals surface area contributed by atoms with Crippen molar-refractivity contribution in [1.82, 2.24) is 0 Å². The summed E-state index contributed by atoms with van der Waals surface area (Å²) in [6.07, 6.45) is 9.51. The molecule has 33 heavy (non-hydrogen) atoms. The Morgan fingerprint density at radius 2 is 2.06 bits per heavy atom. The first kappa shape index (κ1) is 21.1. The molecule has 0 N–H and O–H groups in total. The normalized spacial score (nSPS) is 45.0. The average molecular weight is 451 g/mol. The predicted molar refractivity (Wildman–Crippen MR) is 120 cm³/mol. The second-order valence-electron chi connectivity index (χ2n) is 10.9. The van der Waals surface area contributed by atoms with Crippen molar-refractivity contribution < 1.29 is 28.2 Å². The van der Waals surface area contributed by atoms with Crippen LogP contribution < -0.4 is 0 Å². The molecular formula is C27H30O6. The van der Waals surface area contributed by atoms with Crippen LogP contribution in [0.4, 0.5) is 0 Å². The molecule has 2 unspecified atom stereocenters. The Morgan fingerprint density at radius 3 is 2.79 bits per heavy atom. The van der Waals surface area contributed by atoms with Crippen molar-refractivity contribution in [3.8, 4) is 0 Å². The van der Waals surface area contributed by atoms with Gasteiger partial charge in [-0.05, 0) is 54.2 Å². The average Bonchev–Trinajstić information content (AvgIpc) is 3.53. The van der Waals surface area contributed by atoms with E-state index in [1.54, 1.807) is 18.6 Å². The van der Waals surface area contributed by atoms with Crippen LogP contribution in [0.25, 0.3) is 5.57 Å². The highest BCUT2D eigenvalue weighted by Crippen LogP contribution is 2.71. The molecule has 1 aromatic rings. The number of fused-ring (bicyclic) bond motifs is 4. The minimum atomic E-state index is -0.647. The van der Waals surface area contributed by atoms with Gasteiger partial charge >= 0.3 is 0 Å². The zero-order valence-electron chi connectivity index (χ0n) is 19.5. The lowest BCUT2D eigenvalue weighted by molar-refractivity contribution is -0.184. The van der Waals surface area contributed by atoms with Crippen molar-refractivity contribution in [2.24, 2.45) is 28.1 Å². The number of furan rings is 1. The van der Waals surface area contributed by atoms with Gasteiger partial charge in [-0.3, -0.25) is 9.59 Å². The Morgan fingerprint density at radius 1 is 1.24 bits per heavy atom. The molecule has 0 bridgehead atoms. The van der Waals surface area contributed by atoms with Gasteiger partial charge in [-0.15, -0.1) is 0 Å². The summed E-state index contributed by atoms with van der Waals surface area (Å²) in [5.41, 5.74) is 3.23. The first-order chi connectivity index (χ1) is 15.8. The van der Waals surface area contributed by atoms with Crippen LogP contribution >= 0.6 is 0 Å². The van der Waals surface area contributed by atoms with Crippen LogP contribution in [0.1, 0.15) is 39.7 Å². The van der Waals surface area contributed by atoms with Crippen molar-refractivity contribution in [2.75, 3.05) is 13.2 Å². The summed E-state index contributed by atoms with van der Waals surface area (Å²) in [5.74, 6) is 0.0829. The third-order valence-electron chi connectivity index (χ3n) is 9.46. The Hall–Kier alpha value is -2.44. The minimum Gasteiger partial charge on any atom is -0.472 e. The minimum absolute atomic E-state index is 0.0128. The van der Waals surface area contributed by atoms with E-state index in [2.05, 4.69) is 33.8 Å². The van der Waals surface area contributed by atoms with Crippen LogP contribution in [0.2, 0.25) is 0 Å². The lowest BCUT2D eigenvalue weighted by atomic mass is 9.42. The molecule has 5 aliphatic rings. The van der Waals surface area contributed by atoms with Crippen LogP contribution in [0.3, 0.4) is 0 Å². The van der Waals surface area contributed by atoms with Crippen LogP contribution in [-0.4, -0.2) is 43.8 Å². The summed E-state index contributed by atoms with van der Waals surface area (Å²) in [7, 11) is 0. The van der Waals surface area contributed by atoms with E-state index in [4.69, 9.17) is 18.6 Å². The number of allylic oxidation sites excluding steroid dienone is 3. The predicted octanol–water partition coefficient (Wildman–Crippen LogP) is 4.13. The van der Waals surface area contributed by atoms with E-state index in [-0.39, 0.29) is 48.0 Å². The summed E-state index contributed by atoms with van der Waals surface area (Å²) in [6.45, 7) is 10.0. The van der Waals surface area contributed by atoms with Gasteiger partial charge in [0.25, 0.3) is 6.47 Å². The summed E-state index contributed by atoms with van der Waals surface area (Å²) in [6, 6.07) is 1.96. The van der Waals surface area contributed by atoms with E-state index in [0.717, 1.165) is 11.1 Å². The fraction of sp³-hybridized carbons (Fsp3) is 0.556.